The maximum absolute atomic E-state index is 13.3. The predicted octanol–water partition coefficient (Wildman–Crippen LogP) is 4.55. The third-order valence-electron chi connectivity index (χ3n) is 16.5. The lowest BCUT2D eigenvalue weighted by Crippen LogP contribution is -2.60. The first kappa shape index (κ1) is 34.5. The number of aliphatic hydroxyl groups excluding tert-OH is 2. The lowest BCUT2D eigenvalue weighted by atomic mass is 9.41. The number of aryl methyl sites for hydroxylation is 1. The van der Waals surface area contributed by atoms with Crippen LogP contribution in [0.2, 0.25) is 0 Å². The number of amides is 1. The van der Waals surface area contributed by atoms with E-state index in [0.29, 0.717) is 43.6 Å². The molecule has 10 heteroatoms. The van der Waals surface area contributed by atoms with Gasteiger partial charge in [0.15, 0.2) is 6.29 Å². The van der Waals surface area contributed by atoms with Crippen molar-refractivity contribution in [3.05, 3.63) is 18.2 Å². The average Bonchev–Trinajstić information content (AvgIpc) is 3.45. The Morgan fingerprint density at radius 1 is 1.10 bits per heavy atom. The highest BCUT2D eigenvalue weighted by Gasteiger charge is 2.84. The number of fused-ring (bicyclic) bond motifs is 4. The van der Waals surface area contributed by atoms with Crippen LogP contribution < -0.4 is 0 Å². The molecule has 7 fully saturated rings. The van der Waals surface area contributed by atoms with Crippen LogP contribution in [0.5, 0.6) is 0 Å². The number of carbonyl (C=O) groups excluding carboxylic acids is 1. The number of ether oxygens (including phenoxy) is 3. The van der Waals surface area contributed by atoms with Crippen molar-refractivity contribution in [3.8, 4) is 0 Å². The van der Waals surface area contributed by atoms with Crippen LogP contribution in [0, 0.1) is 50.7 Å². The molecule has 49 heavy (non-hydrogen) atoms. The Hall–Kier alpha value is -1.56. The second-order valence-corrected chi connectivity index (χ2v) is 19.2. The minimum absolute atomic E-state index is 0.0348. The molecule has 1 aromatic rings. The molecule has 2 aliphatic heterocycles. The summed E-state index contributed by atoms with van der Waals surface area (Å²) in [7, 11) is 1.84. The van der Waals surface area contributed by atoms with E-state index < -0.39 is 30.2 Å². The SMILES string of the molecule is C[C@@H]1CC([C@H](O)C(C)(C)O)OC2[C@H]1[C@@]1(C)CC[C@@]34C[C@@]35CCC(O[C@H]3CN(C(=O)c6cncn6C)CCO3)C(C)(C)[C@@H]5CCC4[C@]1(C)[C@H]2O. The van der Waals surface area contributed by atoms with Gasteiger partial charge >= 0.3 is 0 Å². The summed E-state index contributed by atoms with van der Waals surface area (Å²) >= 11 is 0. The molecule has 2 spiro atoms. The van der Waals surface area contributed by atoms with Crippen molar-refractivity contribution in [2.45, 2.75) is 142 Å². The highest BCUT2D eigenvalue weighted by atomic mass is 16.7. The van der Waals surface area contributed by atoms with E-state index in [1.807, 2.05) is 11.9 Å². The Morgan fingerprint density at radius 2 is 1.82 bits per heavy atom. The van der Waals surface area contributed by atoms with Gasteiger partial charge in [0.25, 0.3) is 5.91 Å². The smallest absolute Gasteiger partial charge is 0.272 e. The van der Waals surface area contributed by atoms with Crippen LogP contribution in [-0.2, 0) is 21.3 Å². The summed E-state index contributed by atoms with van der Waals surface area (Å²) in [5.41, 5.74) is -0.587. The number of hydrogen-bond acceptors (Lipinski definition) is 8. The summed E-state index contributed by atoms with van der Waals surface area (Å²) in [6, 6.07) is 0. The minimum Gasteiger partial charge on any atom is -0.390 e. The second kappa shape index (κ2) is 11.0. The number of hydrogen-bond donors (Lipinski definition) is 3. The predicted molar refractivity (Wildman–Crippen MR) is 182 cm³/mol. The number of imidazole rings is 1. The van der Waals surface area contributed by atoms with Crippen molar-refractivity contribution in [3.63, 3.8) is 0 Å². The summed E-state index contributed by atoms with van der Waals surface area (Å²) in [4.78, 5) is 19.2. The van der Waals surface area contributed by atoms with Gasteiger partial charge in [0.05, 0.1) is 55.7 Å². The molecule has 5 saturated carbocycles. The van der Waals surface area contributed by atoms with Crippen molar-refractivity contribution < 1.29 is 34.3 Å². The van der Waals surface area contributed by atoms with Crippen molar-refractivity contribution >= 4 is 5.91 Å². The summed E-state index contributed by atoms with van der Waals surface area (Å²) in [6.45, 7) is 16.6. The number of carbonyl (C=O) groups is 1. The largest absolute Gasteiger partial charge is 0.390 e. The quantitative estimate of drug-likeness (QED) is 0.413. The van der Waals surface area contributed by atoms with Gasteiger partial charge < -0.3 is 39.0 Å². The van der Waals surface area contributed by atoms with Crippen LogP contribution in [0.3, 0.4) is 0 Å². The normalized spacial score (nSPS) is 49.2. The van der Waals surface area contributed by atoms with Crippen LogP contribution in [0.25, 0.3) is 0 Å². The zero-order chi connectivity index (χ0) is 35.1. The fourth-order valence-electron chi connectivity index (χ4n) is 14.0. The molecule has 274 valence electrons. The molecule has 2 saturated heterocycles. The fourth-order valence-corrected chi connectivity index (χ4v) is 14.0. The van der Waals surface area contributed by atoms with Gasteiger partial charge in [0, 0.05) is 19.0 Å². The van der Waals surface area contributed by atoms with E-state index in [2.05, 4.69) is 39.6 Å². The van der Waals surface area contributed by atoms with Crippen molar-refractivity contribution in [2.24, 2.45) is 57.8 Å². The molecule has 5 aliphatic carbocycles. The van der Waals surface area contributed by atoms with Gasteiger partial charge in [-0.3, -0.25) is 4.79 Å². The van der Waals surface area contributed by atoms with E-state index in [1.54, 1.807) is 30.9 Å². The monoisotopic (exact) mass is 683 g/mol. The summed E-state index contributed by atoms with van der Waals surface area (Å²) in [6.07, 6.45) is 9.04. The van der Waals surface area contributed by atoms with Crippen LogP contribution in [-0.4, -0.2) is 97.8 Å². The molecule has 7 aliphatic rings. The molecule has 10 nitrogen and oxygen atoms in total. The van der Waals surface area contributed by atoms with Crippen molar-refractivity contribution in [1.82, 2.24) is 14.5 Å². The van der Waals surface area contributed by atoms with E-state index in [0.717, 1.165) is 32.1 Å². The Balaban J connectivity index is 1.01. The Morgan fingerprint density at radius 3 is 2.51 bits per heavy atom. The zero-order valence-corrected chi connectivity index (χ0v) is 31.0. The summed E-state index contributed by atoms with van der Waals surface area (Å²) in [5.74, 6) is 1.42. The van der Waals surface area contributed by atoms with Gasteiger partial charge in [-0.25, -0.2) is 4.98 Å². The number of rotatable bonds is 5. The van der Waals surface area contributed by atoms with E-state index in [9.17, 15) is 20.1 Å². The van der Waals surface area contributed by atoms with Crippen molar-refractivity contribution in [2.75, 3.05) is 19.7 Å². The van der Waals surface area contributed by atoms with Crippen LogP contribution in [0.4, 0.5) is 0 Å². The first-order chi connectivity index (χ1) is 22.9. The lowest BCUT2D eigenvalue weighted by Gasteiger charge is -2.64. The molecule has 0 radical (unpaired) electrons. The maximum Gasteiger partial charge on any atom is 0.272 e. The average molecular weight is 684 g/mol. The van der Waals surface area contributed by atoms with Crippen molar-refractivity contribution in [1.29, 1.82) is 0 Å². The number of aromatic nitrogens is 2. The van der Waals surface area contributed by atoms with Gasteiger partial charge in [-0.2, -0.15) is 0 Å². The molecule has 1 aromatic heterocycles. The Kier molecular flexibility index (Phi) is 7.74. The number of aliphatic hydroxyl groups is 3. The molecular formula is C39H61N3O7. The zero-order valence-electron chi connectivity index (χ0n) is 31.0. The Labute approximate surface area is 292 Å². The molecule has 14 atom stereocenters. The minimum atomic E-state index is -1.26. The van der Waals surface area contributed by atoms with Gasteiger partial charge in [-0.15, -0.1) is 0 Å². The van der Waals surface area contributed by atoms with Crippen LogP contribution in [0.15, 0.2) is 12.5 Å². The molecule has 1 amide bonds. The topological polar surface area (TPSA) is 127 Å². The van der Waals surface area contributed by atoms with E-state index >= 15 is 0 Å². The van der Waals surface area contributed by atoms with E-state index in [1.165, 1.54) is 12.8 Å². The summed E-state index contributed by atoms with van der Waals surface area (Å²) < 4.78 is 21.4. The first-order valence-corrected chi connectivity index (χ1v) is 19.2. The van der Waals surface area contributed by atoms with E-state index in [-0.39, 0.29) is 57.0 Å². The van der Waals surface area contributed by atoms with Gasteiger partial charge in [-0.05, 0) is 111 Å². The third kappa shape index (κ3) is 4.52. The van der Waals surface area contributed by atoms with Gasteiger partial charge in [0.1, 0.15) is 11.8 Å². The second-order valence-electron chi connectivity index (χ2n) is 19.2. The number of morpholine rings is 1. The Bertz CT molecular complexity index is 1470. The third-order valence-corrected chi connectivity index (χ3v) is 16.5. The molecule has 8 rings (SSSR count). The standard InChI is InChI=1S/C39H61N3O7/c1-22-17-24(31(43)35(4,5)46)48-30-29(22)36(6)13-14-39-20-38(39)12-11-27(34(2,3)25(38)9-10-26(39)37(36,7)32(30)44)49-28-19-42(15-16-47-28)33(45)23-18-40-21-41(23)8/h18,21-22,24-32,43-44,46H,9-17,19-20H2,1-8H3/t22-,24?,25+,26?,27?,28+,29+,30?,31+,32+,36-,37-,38-,39+/m1/s1. The first-order valence-electron chi connectivity index (χ1n) is 19.2. The van der Waals surface area contributed by atoms with Gasteiger partial charge in [0.2, 0.25) is 0 Å². The maximum atomic E-state index is 13.3. The molecule has 0 aromatic carbocycles. The highest BCUT2D eigenvalue weighted by Crippen LogP contribution is 2.89. The number of nitrogens with zero attached hydrogens (tertiary/aromatic N) is 3. The fraction of sp³-hybridized carbons (Fsp3) is 0.897. The molecular weight excluding hydrogens is 622 g/mol. The van der Waals surface area contributed by atoms with Crippen LogP contribution in [0.1, 0.15) is 110 Å². The van der Waals surface area contributed by atoms with Crippen LogP contribution >= 0.6 is 0 Å². The molecule has 0 bridgehead atoms. The highest BCUT2D eigenvalue weighted by molar-refractivity contribution is 5.92. The molecule has 3 N–H and O–H groups in total. The lowest BCUT2D eigenvalue weighted by molar-refractivity contribution is -0.245. The molecule has 3 heterocycles. The van der Waals surface area contributed by atoms with Gasteiger partial charge in [-0.1, -0.05) is 34.6 Å². The molecule has 4 unspecified atom stereocenters. The summed E-state index contributed by atoms with van der Waals surface area (Å²) in [5, 5.41) is 34.2. The van der Waals surface area contributed by atoms with E-state index in [4.69, 9.17) is 14.2 Å².